The average molecular weight is 333 g/mol. The van der Waals surface area contributed by atoms with Crippen LogP contribution >= 0.6 is 0 Å². The van der Waals surface area contributed by atoms with Crippen molar-refractivity contribution in [2.24, 2.45) is 0 Å². The van der Waals surface area contributed by atoms with Crippen LogP contribution in [0.2, 0.25) is 0 Å². The molecule has 1 aromatic carbocycles. The monoisotopic (exact) mass is 333 g/mol. The van der Waals surface area contributed by atoms with Gasteiger partial charge in [0.2, 0.25) is 5.89 Å². The van der Waals surface area contributed by atoms with Crippen molar-refractivity contribution >= 4 is 6.01 Å². The molecule has 7 nitrogen and oxygen atoms in total. The minimum absolute atomic E-state index is 0.131. The Labute approximate surface area is 135 Å². The van der Waals surface area contributed by atoms with Gasteiger partial charge in [0.25, 0.3) is 5.89 Å². The first-order valence-electron chi connectivity index (χ1n) is 7.55. The molecule has 3 aromatic rings. The Kier molecular flexibility index (Phi) is 3.68. The van der Waals surface area contributed by atoms with Gasteiger partial charge in [-0.1, -0.05) is 22.7 Å². The Balaban J connectivity index is 1.44. The van der Waals surface area contributed by atoms with Gasteiger partial charge in [0.05, 0.1) is 6.54 Å². The highest BCUT2D eigenvalue weighted by Crippen LogP contribution is 2.35. The second-order valence-corrected chi connectivity index (χ2v) is 5.54. The second-order valence-electron chi connectivity index (χ2n) is 5.54. The predicted molar refractivity (Wildman–Crippen MR) is 77.9 cm³/mol. The average Bonchev–Trinajstić information content (AvgIpc) is 3.13. The lowest BCUT2D eigenvalue weighted by Crippen LogP contribution is -2.08. The lowest BCUT2D eigenvalue weighted by atomic mass is 9.85. The van der Waals surface area contributed by atoms with Crippen molar-refractivity contribution in [3.63, 3.8) is 0 Å². The molecular weight excluding hydrogens is 320 g/mol. The molecule has 0 radical (unpaired) electrons. The number of nitrogens with one attached hydrogen (secondary N) is 1. The van der Waals surface area contributed by atoms with Gasteiger partial charge in [-0.2, -0.15) is 4.98 Å². The molecule has 1 aliphatic carbocycles. The first kappa shape index (κ1) is 14.7. The van der Waals surface area contributed by atoms with Gasteiger partial charge in [-0.05, 0) is 25.0 Å². The zero-order valence-electron chi connectivity index (χ0n) is 12.5. The minimum Gasteiger partial charge on any atom is -0.408 e. The van der Waals surface area contributed by atoms with Crippen molar-refractivity contribution in [2.75, 3.05) is 5.32 Å². The van der Waals surface area contributed by atoms with Gasteiger partial charge in [0.1, 0.15) is 17.2 Å². The summed E-state index contributed by atoms with van der Waals surface area (Å²) in [7, 11) is 0. The molecular formula is C15H13F2N5O2. The summed E-state index contributed by atoms with van der Waals surface area (Å²) in [6, 6.07) is 3.77. The highest BCUT2D eigenvalue weighted by atomic mass is 19.1. The number of hydrogen-bond acceptors (Lipinski definition) is 7. The third kappa shape index (κ3) is 2.72. The molecule has 0 aliphatic heterocycles. The van der Waals surface area contributed by atoms with Gasteiger partial charge < -0.3 is 14.3 Å². The van der Waals surface area contributed by atoms with E-state index >= 15 is 0 Å². The van der Waals surface area contributed by atoms with Crippen molar-refractivity contribution in [1.29, 1.82) is 0 Å². The van der Waals surface area contributed by atoms with Crippen LogP contribution in [0.1, 0.15) is 36.9 Å². The van der Waals surface area contributed by atoms with Crippen LogP contribution in [0.25, 0.3) is 11.5 Å². The van der Waals surface area contributed by atoms with Crippen LogP contribution in [0.15, 0.2) is 27.1 Å². The van der Waals surface area contributed by atoms with E-state index in [0.717, 1.165) is 25.0 Å². The molecule has 1 aliphatic rings. The number of halogens is 2. The fourth-order valence-electron chi connectivity index (χ4n) is 2.41. The summed E-state index contributed by atoms with van der Waals surface area (Å²) in [5.74, 6) is -0.570. The van der Waals surface area contributed by atoms with E-state index in [-0.39, 0.29) is 29.8 Å². The Morgan fingerprint density at radius 3 is 2.67 bits per heavy atom. The summed E-state index contributed by atoms with van der Waals surface area (Å²) >= 11 is 0. The fourth-order valence-corrected chi connectivity index (χ4v) is 2.41. The van der Waals surface area contributed by atoms with Crippen molar-refractivity contribution in [1.82, 2.24) is 20.3 Å². The van der Waals surface area contributed by atoms with E-state index in [1.807, 2.05) is 0 Å². The van der Waals surface area contributed by atoms with E-state index in [2.05, 4.69) is 25.7 Å². The van der Waals surface area contributed by atoms with Crippen molar-refractivity contribution < 1.29 is 17.7 Å². The molecule has 0 bridgehead atoms. The summed E-state index contributed by atoms with van der Waals surface area (Å²) in [5.41, 5.74) is -0.346. The molecule has 124 valence electrons. The molecule has 0 amide bonds. The van der Waals surface area contributed by atoms with Gasteiger partial charge in [-0.3, -0.25) is 0 Å². The molecule has 24 heavy (non-hydrogen) atoms. The van der Waals surface area contributed by atoms with Crippen LogP contribution in [0.3, 0.4) is 0 Å². The van der Waals surface area contributed by atoms with E-state index < -0.39 is 11.6 Å². The van der Waals surface area contributed by atoms with Crippen molar-refractivity contribution in [2.45, 2.75) is 31.7 Å². The predicted octanol–water partition coefficient (Wildman–Crippen LogP) is 3.28. The van der Waals surface area contributed by atoms with E-state index in [9.17, 15) is 8.78 Å². The quantitative estimate of drug-likeness (QED) is 0.766. The van der Waals surface area contributed by atoms with E-state index in [1.165, 1.54) is 12.5 Å². The molecule has 0 unspecified atom stereocenters. The molecule has 1 fully saturated rings. The third-order valence-electron chi connectivity index (χ3n) is 3.94. The molecule has 9 heteroatoms. The van der Waals surface area contributed by atoms with Crippen molar-refractivity contribution in [3.8, 4) is 11.5 Å². The standard InChI is InChI=1S/C15H13F2N5O2/c16-9-5-2-6-10(17)12(9)14-19-11(22-24-14)7-18-15-21-20-13(23-15)8-3-1-4-8/h2,5-6,8H,1,3-4,7H2,(H,18,21). The number of rotatable bonds is 5. The number of hydrogen-bond donors (Lipinski definition) is 1. The molecule has 1 N–H and O–H groups in total. The zero-order chi connectivity index (χ0) is 16.5. The molecule has 2 heterocycles. The van der Waals surface area contributed by atoms with Crippen LogP contribution < -0.4 is 5.32 Å². The van der Waals surface area contributed by atoms with E-state index in [0.29, 0.717) is 11.8 Å². The molecule has 0 saturated heterocycles. The maximum absolute atomic E-state index is 13.7. The maximum Gasteiger partial charge on any atom is 0.315 e. The summed E-state index contributed by atoms with van der Waals surface area (Å²) in [6.07, 6.45) is 3.29. The highest BCUT2D eigenvalue weighted by Gasteiger charge is 2.25. The lowest BCUT2D eigenvalue weighted by Gasteiger charge is -2.20. The normalized spacial score (nSPS) is 14.6. The Morgan fingerprint density at radius 1 is 1.17 bits per heavy atom. The smallest absolute Gasteiger partial charge is 0.315 e. The summed E-state index contributed by atoms with van der Waals surface area (Å²) in [6.45, 7) is 0.131. The fraction of sp³-hybridized carbons (Fsp3) is 0.333. The van der Waals surface area contributed by atoms with Crippen LogP contribution in [0, 0.1) is 11.6 Å². The number of nitrogens with zero attached hydrogens (tertiary/aromatic N) is 4. The largest absolute Gasteiger partial charge is 0.408 e. The number of anilines is 1. The molecule has 4 rings (SSSR count). The van der Waals surface area contributed by atoms with Gasteiger partial charge in [0.15, 0.2) is 5.82 Å². The highest BCUT2D eigenvalue weighted by molar-refractivity contribution is 5.54. The Morgan fingerprint density at radius 2 is 1.96 bits per heavy atom. The zero-order valence-corrected chi connectivity index (χ0v) is 12.5. The first-order chi connectivity index (χ1) is 11.7. The maximum atomic E-state index is 13.7. The topological polar surface area (TPSA) is 89.9 Å². The minimum atomic E-state index is -0.764. The van der Waals surface area contributed by atoms with Crippen LogP contribution in [-0.4, -0.2) is 20.3 Å². The lowest BCUT2D eigenvalue weighted by molar-refractivity contribution is 0.338. The third-order valence-corrected chi connectivity index (χ3v) is 3.94. The van der Waals surface area contributed by atoms with Gasteiger partial charge >= 0.3 is 6.01 Å². The van der Waals surface area contributed by atoms with Gasteiger partial charge in [-0.15, -0.1) is 5.10 Å². The summed E-state index contributed by atoms with van der Waals surface area (Å²) in [4.78, 5) is 3.98. The number of aromatic nitrogens is 4. The molecule has 0 spiro atoms. The summed E-state index contributed by atoms with van der Waals surface area (Å²) in [5, 5.41) is 14.4. The van der Waals surface area contributed by atoms with Crippen LogP contribution in [-0.2, 0) is 6.54 Å². The molecule has 0 atom stereocenters. The molecule has 2 aromatic heterocycles. The van der Waals surface area contributed by atoms with E-state index in [1.54, 1.807) is 0 Å². The van der Waals surface area contributed by atoms with E-state index in [4.69, 9.17) is 8.94 Å². The second kappa shape index (κ2) is 5.99. The van der Waals surface area contributed by atoms with Crippen molar-refractivity contribution in [3.05, 3.63) is 41.5 Å². The van der Waals surface area contributed by atoms with Crippen LogP contribution in [0.5, 0.6) is 0 Å². The molecule has 1 saturated carbocycles. The first-order valence-corrected chi connectivity index (χ1v) is 7.55. The number of benzene rings is 1. The summed E-state index contributed by atoms with van der Waals surface area (Å²) < 4.78 is 37.8. The van der Waals surface area contributed by atoms with Gasteiger partial charge in [0, 0.05) is 5.92 Å². The SMILES string of the molecule is Fc1cccc(F)c1-c1nc(CNc2nnc(C3CCC3)o2)no1. The Hall–Kier alpha value is -2.84. The van der Waals surface area contributed by atoms with Crippen LogP contribution in [0.4, 0.5) is 14.8 Å². The van der Waals surface area contributed by atoms with Gasteiger partial charge in [-0.25, -0.2) is 8.78 Å². The Bertz CT molecular complexity index is 839.